The Kier molecular flexibility index (Phi) is 8.35. The van der Waals surface area contributed by atoms with Crippen molar-refractivity contribution in [3.8, 4) is 67.8 Å². The molecule has 0 saturated heterocycles. The number of nitrogens with zero attached hydrogens (tertiary/aromatic N) is 7. The van der Waals surface area contributed by atoms with Crippen LogP contribution in [0.2, 0.25) is 0 Å². The van der Waals surface area contributed by atoms with Crippen LogP contribution in [0.3, 0.4) is 0 Å². The second kappa shape index (κ2) is 14.6. The molecule has 0 bridgehead atoms. The van der Waals surface area contributed by atoms with Crippen molar-refractivity contribution in [1.82, 2.24) is 34.1 Å². The Balaban J connectivity index is 1.16. The van der Waals surface area contributed by atoms with Crippen molar-refractivity contribution in [2.24, 2.45) is 0 Å². The zero-order valence-corrected chi connectivity index (χ0v) is 33.3. The average Bonchev–Trinajstić information content (AvgIpc) is 3.87. The molecule has 0 aliphatic heterocycles. The molecule has 7 heteroatoms. The van der Waals surface area contributed by atoms with Gasteiger partial charge in [-0.15, -0.1) is 0 Å². The van der Waals surface area contributed by atoms with Crippen LogP contribution in [-0.4, -0.2) is 34.1 Å². The molecule has 0 N–H and O–H groups in total. The van der Waals surface area contributed by atoms with Crippen LogP contribution in [0.25, 0.3) is 111 Å². The molecular weight excluding hydrogens is 759 g/mol. The van der Waals surface area contributed by atoms with Gasteiger partial charge in [0.05, 0.1) is 27.8 Å². The lowest BCUT2D eigenvalue weighted by Gasteiger charge is -2.21. The van der Waals surface area contributed by atoms with Crippen LogP contribution in [-0.2, 0) is 0 Å². The molecule has 12 rings (SSSR count). The molecule has 0 radical (unpaired) electrons. The fourth-order valence-corrected chi connectivity index (χ4v) is 8.97. The third-order valence-corrected chi connectivity index (χ3v) is 11.7. The number of fused-ring (bicyclic) bond motifs is 6. The van der Waals surface area contributed by atoms with Crippen LogP contribution in [0.5, 0.6) is 0 Å². The number of benzene rings is 7. The SMILES string of the molecule is c1ccc(-c2cc(-c3nc(-c4cccnc4)nc(-c4cccnc4)n3)cc(-c3ccccc3)c2-n2c3ccccc3c3cc(-n4c5ccccc5c5ccccc54)ccc32)cc1. The predicted octanol–water partition coefficient (Wildman–Crippen LogP) is 13.2. The summed E-state index contributed by atoms with van der Waals surface area (Å²) in [6, 6.07) is 66.5. The predicted molar refractivity (Wildman–Crippen MR) is 251 cm³/mol. The number of para-hydroxylation sites is 3. The minimum Gasteiger partial charge on any atom is -0.309 e. The highest BCUT2D eigenvalue weighted by molar-refractivity contribution is 6.13. The second-order valence-electron chi connectivity index (χ2n) is 15.4. The molecule has 290 valence electrons. The largest absolute Gasteiger partial charge is 0.309 e. The van der Waals surface area contributed by atoms with Gasteiger partial charge in [0.1, 0.15) is 0 Å². The van der Waals surface area contributed by atoms with Gasteiger partial charge < -0.3 is 9.13 Å². The zero-order valence-electron chi connectivity index (χ0n) is 33.3. The quantitative estimate of drug-likeness (QED) is 0.161. The van der Waals surface area contributed by atoms with E-state index in [4.69, 9.17) is 15.0 Å². The van der Waals surface area contributed by atoms with Gasteiger partial charge in [-0.3, -0.25) is 9.97 Å². The van der Waals surface area contributed by atoms with Crippen LogP contribution < -0.4 is 0 Å². The molecule has 12 aromatic rings. The summed E-state index contributed by atoms with van der Waals surface area (Å²) in [6.45, 7) is 0. The van der Waals surface area contributed by atoms with Gasteiger partial charge in [-0.2, -0.15) is 0 Å². The summed E-state index contributed by atoms with van der Waals surface area (Å²) in [6.07, 6.45) is 7.08. The molecule has 0 saturated carbocycles. The van der Waals surface area contributed by atoms with Gasteiger partial charge in [-0.05, 0) is 83.9 Å². The van der Waals surface area contributed by atoms with Gasteiger partial charge in [0, 0.05) is 79.8 Å². The summed E-state index contributed by atoms with van der Waals surface area (Å²) in [7, 11) is 0. The Hall–Kier alpha value is -8.55. The number of hydrogen-bond acceptors (Lipinski definition) is 5. The third kappa shape index (κ3) is 5.86. The first-order valence-corrected chi connectivity index (χ1v) is 20.7. The summed E-state index contributed by atoms with van der Waals surface area (Å²) in [5.74, 6) is 1.63. The minimum absolute atomic E-state index is 0.537. The van der Waals surface area contributed by atoms with Gasteiger partial charge in [-0.1, -0.05) is 115 Å². The molecule has 0 fully saturated rings. The molecule has 7 aromatic carbocycles. The van der Waals surface area contributed by atoms with Gasteiger partial charge in [-0.25, -0.2) is 15.0 Å². The van der Waals surface area contributed by atoms with E-state index < -0.39 is 0 Å². The maximum absolute atomic E-state index is 5.15. The van der Waals surface area contributed by atoms with E-state index >= 15 is 0 Å². The maximum atomic E-state index is 5.15. The molecule has 62 heavy (non-hydrogen) atoms. The highest BCUT2D eigenvalue weighted by atomic mass is 15.0. The molecule has 0 aliphatic rings. The van der Waals surface area contributed by atoms with Crippen LogP contribution in [0.1, 0.15) is 0 Å². The van der Waals surface area contributed by atoms with E-state index in [2.05, 4.69) is 183 Å². The topological polar surface area (TPSA) is 74.3 Å². The maximum Gasteiger partial charge on any atom is 0.165 e. The van der Waals surface area contributed by atoms with Crippen molar-refractivity contribution >= 4 is 43.6 Å². The van der Waals surface area contributed by atoms with E-state index in [1.54, 1.807) is 24.8 Å². The summed E-state index contributed by atoms with van der Waals surface area (Å²) in [5, 5.41) is 4.82. The molecule has 0 atom stereocenters. The lowest BCUT2D eigenvalue weighted by Crippen LogP contribution is -2.04. The molecule has 0 aliphatic carbocycles. The fourth-order valence-electron chi connectivity index (χ4n) is 8.97. The van der Waals surface area contributed by atoms with Gasteiger partial charge in [0.2, 0.25) is 0 Å². The van der Waals surface area contributed by atoms with E-state index in [9.17, 15) is 0 Å². The van der Waals surface area contributed by atoms with Gasteiger partial charge in [0.15, 0.2) is 17.5 Å². The Morgan fingerprint density at radius 3 is 1.23 bits per heavy atom. The van der Waals surface area contributed by atoms with E-state index in [-0.39, 0.29) is 0 Å². The highest BCUT2D eigenvalue weighted by Gasteiger charge is 2.24. The molecule has 0 spiro atoms. The Morgan fingerprint density at radius 1 is 0.306 bits per heavy atom. The van der Waals surface area contributed by atoms with Gasteiger partial charge >= 0.3 is 0 Å². The van der Waals surface area contributed by atoms with Crippen LogP contribution >= 0.6 is 0 Å². The van der Waals surface area contributed by atoms with E-state index in [1.807, 2.05) is 24.3 Å². The lowest BCUT2D eigenvalue weighted by atomic mass is 9.92. The molecule has 5 aromatic heterocycles. The van der Waals surface area contributed by atoms with Gasteiger partial charge in [0.25, 0.3) is 0 Å². The smallest absolute Gasteiger partial charge is 0.165 e. The molecule has 0 amide bonds. The van der Waals surface area contributed by atoms with Crippen molar-refractivity contribution in [1.29, 1.82) is 0 Å². The van der Waals surface area contributed by atoms with Crippen molar-refractivity contribution in [2.45, 2.75) is 0 Å². The summed E-state index contributed by atoms with van der Waals surface area (Å²) in [5.41, 5.74) is 13.5. The summed E-state index contributed by atoms with van der Waals surface area (Å²) >= 11 is 0. The van der Waals surface area contributed by atoms with Crippen LogP contribution in [0.4, 0.5) is 0 Å². The highest BCUT2D eigenvalue weighted by Crippen LogP contribution is 2.44. The average molecular weight is 794 g/mol. The van der Waals surface area contributed by atoms with Crippen molar-refractivity contribution < 1.29 is 0 Å². The van der Waals surface area contributed by atoms with E-state index in [1.165, 1.54) is 32.6 Å². The van der Waals surface area contributed by atoms with Crippen molar-refractivity contribution in [2.75, 3.05) is 0 Å². The Bertz CT molecular complexity index is 3450. The van der Waals surface area contributed by atoms with Crippen molar-refractivity contribution in [3.05, 3.63) is 213 Å². The molecule has 5 heterocycles. The first kappa shape index (κ1) is 35.4. The number of rotatable bonds is 7. The Labute approximate surface area is 356 Å². The zero-order chi connectivity index (χ0) is 41.0. The first-order chi connectivity index (χ1) is 30.8. The molecule has 0 unspecified atom stereocenters. The minimum atomic E-state index is 0.537. The van der Waals surface area contributed by atoms with Crippen LogP contribution in [0, 0.1) is 0 Å². The number of aromatic nitrogens is 7. The Morgan fingerprint density at radius 2 is 0.726 bits per heavy atom. The molecular formula is C55H35N7. The number of hydrogen-bond donors (Lipinski definition) is 0. The third-order valence-electron chi connectivity index (χ3n) is 11.7. The van der Waals surface area contributed by atoms with Crippen molar-refractivity contribution in [3.63, 3.8) is 0 Å². The first-order valence-electron chi connectivity index (χ1n) is 20.7. The summed E-state index contributed by atoms with van der Waals surface area (Å²) < 4.78 is 4.84. The van der Waals surface area contributed by atoms with Crippen LogP contribution in [0.15, 0.2) is 213 Å². The monoisotopic (exact) mass is 793 g/mol. The normalized spacial score (nSPS) is 11.5. The van der Waals surface area contributed by atoms with E-state index in [0.29, 0.717) is 17.5 Å². The lowest BCUT2D eigenvalue weighted by molar-refractivity contribution is 1.07. The second-order valence-corrected chi connectivity index (χ2v) is 15.4. The number of pyridine rings is 2. The van der Waals surface area contributed by atoms with E-state index in [0.717, 1.165) is 61.4 Å². The standard InChI is InChI=1S/C55H35N7/c1-3-15-36(16-4-1)45-31-40(55-59-53(38-19-13-29-56-34-38)58-54(60-55)39-20-14-30-57-35-39)32-46(37-17-5-2-6-18-37)52(45)62-50-26-12-9-23-44(50)47-33-41(27-28-51(47)62)61-48-24-10-7-21-42(48)43-22-8-11-25-49(43)61/h1-35H. The summed E-state index contributed by atoms with van der Waals surface area (Å²) in [4.78, 5) is 24.0. The molecule has 7 nitrogen and oxygen atoms in total. The fraction of sp³-hybridized carbons (Fsp3) is 0.